The molecule has 2 heterocycles. The van der Waals surface area contributed by atoms with Gasteiger partial charge in [-0.3, -0.25) is 9.59 Å². The number of halogens is 1. The summed E-state index contributed by atoms with van der Waals surface area (Å²) in [4.78, 5) is 32.2. The molecular weight excluding hydrogens is 353 g/mol. The molecular formula is C18H18FN5O3. The molecule has 0 saturated heterocycles. The lowest BCUT2D eigenvalue weighted by Crippen LogP contribution is -2.28. The molecule has 0 aliphatic carbocycles. The number of benzene rings is 1. The number of aryl methyl sites for hydroxylation is 2. The number of hydrogen-bond donors (Lipinski definition) is 1. The number of esters is 1. The topological polar surface area (TPSA) is 98.5 Å². The molecule has 1 aromatic carbocycles. The molecule has 2 aromatic heterocycles. The van der Waals surface area contributed by atoms with Gasteiger partial charge in [-0.05, 0) is 31.5 Å². The van der Waals surface area contributed by atoms with Crippen LogP contribution in [-0.4, -0.2) is 38.1 Å². The van der Waals surface area contributed by atoms with E-state index in [1.54, 1.807) is 23.6 Å². The number of rotatable bonds is 6. The van der Waals surface area contributed by atoms with Gasteiger partial charge >= 0.3 is 5.97 Å². The molecule has 0 unspecified atom stereocenters. The SMILES string of the molecule is Cc1nc2ncnn2c(C)c1CC(=O)OCC(=O)NCc1ccc(F)cc1. The standard InChI is InChI=1S/C18H18FN5O3/c1-11-15(12(2)24-18(23-11)21-10-22-24)7-17(26)27-9-16(25)20-8-13-3-5-14(19)6-4-13/h3-6,10H,7-9H2,1-2H3,(H,20,25). The largest absolute Gasteiger partial charge is 0.455 e. The Balaban J connectivity index is 1.52. The van der Waals surface area contributed by atoms with Crippen LogP contribution in [0, 0.1) is 19.7 Å². The number of ether oxygens (including phenoxy) is 1. The van der Waals surface area contributed by atoms with E-state index < -0.39 is 18.5 Å². The number of carbonyl (C=O) groups is 2. The molecule has 140 valence electrons. The molecule has 0 spiro atoms. The summed E-state index contributed by atoms with van der Waals surface area (Å²) in [5, 5.41) is 6.67. The number of fused-ring (bicyclic) bond motifs is 1. The number of nitrogens with zero attached hydrogens (tertiary/aromatic N) is 4. The number of carbonyl (C=O) groups excluding carboxylic acids is 2. The van der Waals surface area contributed by atoms with Gasteiger partial charge in [0, 0.05) is 23.5 Å². The Morgan fingerprint density at radius 3 is 2.70 bits per heavy atom. The molecule has 27 heavy (non-hydrogen) atoms. The van der Waals surface area contributed by atoms with E-state index in [9.17, 15) is 14.0 Å². The van der Waals surface area contributed by atoms with E-state index in [1.807, 2.05) is 6.92 Å². The molecule has 0 saturated carbocycles. The van der Waals surface area contributed by atoms with Crippen LogP contribution in [-0.2, 0) is 27.3 Å². The second-order valence-electron chi connectivity index (χ2n) is 5.97. The Morgan fingerprint density at radius 1 is 1.22 bits per heavy atom. The quantitative estimate of drug-likeness (QED) is 0.656. The molecule has 1 N–H and O–H groups in total. The number of hydrogen-bond acceptors (Lipinski definition) is 6. The Hall–Kier alpha value is -3.36. The van der Waals surface area contributed by atoms with Crippen LogP contribution in [0.1, 0.15) is 22.5 Å². The summed E-state index contributed by atoms with van der Waals surface area (Å²) in [6.45, 7) is 3.42. The van der Waals surface area contributed by atoms with Gasteiger partial charge in [0.25, 0.3) is 11.7 Å². The van der Waals surface area contributed by atoms with E-state index in [2.05, 4.69) is 20.4 Å². The zero-order valence-corrected chi connectivity index (χ0v) is 14.9. The van der Waals surface area contributed by atoms with Crippen LogP contribution in [0.3, 0.4) is 0 Å². The third-order valence-corrected chi connectivity index (χ3v) is 4.08. The Morgan fingerprint density at radius 2 is 1.96 bits per heavy atom. The Bertz CT molecular complexity index is 985. The van der Waals surface area contributed by atoms with E-state index in [0.29, 0.717) is 17.0 Å². The zero-order valence-electron chi connectivity index (χ0n) is 14.9. The van der Waals surface area contributed by atoms with Gasteiger partial charge < -0.3 is 10.1 Å². The first-order chi connectivity index (χ1) is 12.9. The Kier molecular flexibility index (Phi) is 5.39. The maximum atomic E-state index is 12.8. The monoisotopic (exact) mass is 371 g/mol. The fourth-order valence-corrected chi connectivity index (χ4v) is 2.61. The lowest BCUT2D eigenvalue weighted by atomic mass is 10.1. The van der Waals surface area contributed by atoms with Crippen LogP contribution in [0.4, 0.5) is 4.39 Å². The highest BCUT2D eigenvalue weighted by molar-refractivity contribution is 5.81. The lowest BCUT2D eigenvalue weighted by Gasteiger charge is -2.10. The molecule has 1 amide bonds. The number of aromatic nitrogens is 4. The van der Waals surface area contributed by atoms with Gasteiger partial charge in [0.1, 0.15) is 12.1 Å². The first-order valence-corrected chi connectivity index (χ1v) is 8.26. The summed E-state index contributed by atoms with van der Waals surface area (Å²) in [6, 6.07) is 5.76. The second kappa shape index (κ2) is 7.90. The minimum atomic E-state index is -0.542. The molecule has 0 radical (unpaired) electrons. The Labute approximate surface area is 154 Å². The zero-order chi connectivity index (χ0) is 19.4. The van der Waals surface area contributed by atoms with Crippen molar-refractivity contribution in [2.45, 2.75) is 26.8 Å². The first kappa shape index (κ1) is 18.4. The predicted molar refractivity (Wildman–Crippen MR) is 93.2 cm³/mol. The summed E-state index contributed by atoms with van der Waals surface area (Å²) >= 11 is 0. The van der Waals surface area contributed by atoms with Crippen molar-refractivity contribution >= 4 is 17.7 Å². The smallest absolute Gasteiger partial charge is 0.310 e. The van der Waals surface area contributed by atoms with Crippen LogP contribution in [0.15, 0.2) is 30.6 Å². The molecule has 9 heteroatoms. The van der Waals surface area contributed by atoms with Gasteiger partial charge in [-0.25, -0.2) is 13.9 Å². The summed E-state index contributed by atoms with van der Waals surface area (Å²) in [6.07, 6.45) is 1.37. The molecule has 0 aliphatic heterocycles. The summed E-state index contributed by atoms with van der Waals surface area (Å²) in [5.74, 6) is -0.865. The second-order valence-corrected chi connectivity index (χ2v) is 5.97. The average Bonchev–Trinajstić information content (AvgIpc) is 3.11. The van der Waals surface area contributed by atoms with Crippen molar-refractivity contribution < 1.29 is 18.7 Å². The first-order valence-electron chi connectivity index (χ1n) is 8.26. The lowest BCUT2D eigenvalue weighted by molar-refractivity contribution is -0.147. The van der Waals surface area contributed by atoms with Gasteiger partial charge in [-0.15, -0.1) is 0 Å². The van der Waals surface area contributed by atoms with Crippen LogP contribution < -0.4 is 5.32 Å². The molecule has 0 aliphatic rings. The van der Waals surface area contributed by atoms with Crippen LogP contribution in [0.5, 0.6) is 0 Å². The van der Waals surface area contributed by atoms with Gasteiger partial charge in [0.05, 0.1) is 6.42 Å². The highest BCUT2D eigenvalue weighted by Crippen LogP contribution is 2.14. The van der Waals surface area contributed by atoms with Crippen molar-refractivity contribution in [3.8, 4) is 0 Å². The normalized spacial score (nSPS) is 10.8. The minimum Gasteiger partial charge on any atom is -0.455 e. The molecule has 3 rings (SSSR count). The number of nitrogens with one attached hydrogen (secondary N) is 1. The minimum absolute atomic E-state index is 0.0221. The molecule has 8 nitrogen and oxygen atoms in total. The van der Waals surface area contributed by atoms with Crippen LogP contribution >= 0.6 is 0 Å². The van der Waals surface area contributed by atoms with E-state index >= 15 is 0 Å². The fraction of sp³-hybridized carbons (Fsp3) is 0.278. The molecule has 3 aromatic rings. The predicted octanol–water partition coefficient (Wildman–Crippen LogP) is 1.28. The van der Waals surface area contributed by atoms with Gasteiger partial charge in [-0.1, -0.05) is 12.1 Å². The van der Waals surface area contributed by atoms with Gasteiger partial charge in [-0.2, -0.15) is 10.1 Å². The van der Waals surface area contributed by atoms with Crippen LogP contribution in [0.2, 0.25) is 0 Å². The van der Waals surface area contributed by atoms with Gasteiger partial charge in [0.2, 0.25) is 0 Å². The van der Waals surface area contributed by atoms with E-state index in [1.165, 1.54) is 18.5 Å². The van der Waals surface area contributed by atoms with E-state index in [4.69, 9.17) is 4.74 Å². The van der Waals surface area contributed by atoms with Crippen LogP contribution in [0.25, 0.3) is 5.78 Å². The summed E-state index contributed by atoms with van der Waals surface area (Å²) in [7, 11) is 0. The highest BCUT2D eigenvalue weighted by Gasteiger charge is 2.16. The fourth-order valence-electron chi connectivity index (χ4n) is 2.61. The van der Waals surface area contributed by atoms with Gasteiger partial charge in [0.15, 0.2) is 6.61 Å². The highest BCUT2D eigenvalue weighted by atomic mass is 19.1. The average molecular weight is 371 g/mol. The van der Waals surface area contributed by atoms with Crippen molar-refractivity contribution in [2.24, 2.45) is 0 Å². The van der Waals surface area contributed by atoms with Crippen molar-refractivity contribution in [3.05, 3.63) is 58.9 Å². The maximum Gasteiger partial charge on any atom is 0.310 e. The van der Waals surface area contributed by atoms with E-state index in [-0.39, 0.29) is 18.8 Å². The number of amides is 1. The molecule has 0 bridgehead atoms. The van der Waals surface area contributed by atoms with Crippen molar-refractivity contribution in [1.29, 1.82) is 0 Å². The van der Waals surface area contributed by atoms with E-state index in [0.717, 1.165) is 11.3 Å². The summed E-state index contributed by atoms with van der Waals surface area (Å²) in [5.41, 5.74) is 2.83. The van der Waals surface area contributed by atoms with Crippen molar-refractivity contribution in [2.75, 3.05) is 6.61 Å². The molecule has 0 atom stereocenters. The summed E-state index contributed by atoms with van der Waals surface area (Å²) < 4.78 is 19.4. The van der Waals surface area contributed by atoms with Crippen molar-refractivity contribution in [1.82, 2.24) is 24.9 Å². The third kappa shape index (κ3) is 4.43. The third-order valence-electron chi connectivity index (χ3n) is 4.08. The maximum absolute atomic E-state index is 12.8. The molecule has 0 fully saturated rings. The van der Waals surface area contributed by atoms with Crippen molar-refractivity contribution in [3.63, 3.8) is 0 Å².